The minimum absolute atomic E-state index is 0.0963. The predicted molar refractivity (Wildman–Crippen MR) is 122 cm³/mol. The molecule has 3 atom stereocenters. The molecule has 0 bridgehead atoms. The van der Waals surface area contributed by atoms with Crippen LogP contribution in [0.25, 0.3) is 10.9 Å². The van der Waals surface area contributed by atoms with Crippen molar-refractivity contribution in [3.63, 3.8) is 0 Å². The van der Waals surface area contributed by atoms with Crippen molar-refractivity contribution in [2.75, 3.05) is 25.7 Å². The van der Waals surface area contributed by atoms with Crippen molar-refractivity contribution in [3.05, 3.63) is 30.0 Å². The second-order valence-corrected chi connectivity index (χ2v) is 8.60. The second-order valence-electron chi connectivity index (χ2n) is 7.61. The molecule has 3 rings (SSSR count). The lowest BCUT2D eigenvalue weighted by atomic mass is 9.99. The van der Waals surface area contributed by atoms with Crippen molar-refractivity contribution < 1.29 is 19.1 Å². The number of rotatable bonds is 10. The molecule has 1 aromatic carbocycles. The molecular formula is C22H27N5O4S. The highest BCUT2D eigenvalue weighted by Gasteiger charge is 2.30. The molecule has 1 aliphatic heterocycles. The number of H-pyrrole nitrogens is 1. The van der Waals surface area contributed by atoms with E-state index in [1.165, 1.54) is 0 Å². The van der Waals surface area contributed by atoms with Crippen molar-refractivity contribution >= 4 is 40.4 Å². The quantitative estimate of drug-likeness (QED) is 0.427. The molecular weight excluding hydrogens is 430 g/mol. The van der Waals surface area contributed by atoms with E-state index in [9.17, 15) is 19.6 Å². The summed E-state index contributed by atoms with van der Waals surface area (Å²) in [6.07, 6.45) is 3.21. The molecule has 0 radical (unpaired) electrons. The maximum absolute atomic E-state index is 12.9. The summed E-state index contributed by atoms with van der Waals surface area (Å²) in [4.78, 5) is 40.6. The van der Waals surface area contributed by atoms with Crippen LogP contribution < -0.4 is 20.7 Å². The Morgan fingerprint density at radius 3 is 2.84 bits per heavy atom. The molecule has 0 spiro atoms. The number of nitriles is 1. The molecule has 0 unspecified atom stereocenters. The Morgan fingerprint density at radius 1 is 1.38 bits per heavy atom. The van der Waals surface area contributed by atoms with Crippen molar-refractivity contribution in [1.29, 1.82) is 5.26 Å². The fourth-order valence-electron chi connectivity index (χ4n) is 3.74. The SMILES string of the molecule is COc1cccc2[nH]c(C(=O)N[C@@H](CCSC)C(=O)N[C@H](C#N)C[C@@H]3CCNC3=O)cc12. The maximum Gasteiger partial charge on any atom is 0.268 e. The number of thioether (sulfide) groups is 1. The van der Waals surface area contributed by atoms with Gasteiger partial charge < -0.3 is 25.7 Å². The summed E-state index contributed by atoms with van der Waals surface area (Å²) >= 11 is 1.56. The molecule has 9 nitrogen and oxygen atoms in total. The molecule has 0 aliphatic carbocycles. The lowest BCUT2D eigenvalue weighted by Gasteiger charge is -2.21. The van der Waals surface area contributed by atoms with Gasteiger partial charge in [-0.3, -0.25) is 14.4 Å². The van der Waals surface area contributed by atoms with Gasteiger partial charge in [-0.25, -0.2) is 0 Å². The van der Waals surface area contributed by atoms with Crippen molar-refractivity contribution in [2.45, 2.75) is 31.3 Å². The fourth-order valence-corrected chi connectivity index (χ4v) is 4.21. The molecule has 1 fully saturated rings. The number of fused-ring (bicyclic) bond motifs is 1. The van der Waals surface area contributed by atoms with E-state index >= 15 is 0 Å². The molecule has 32 heavy (non-hydrogen) atoms. The van der Waals surface area contributed by atoms with Crippen LogP contribution in [-0.4, -0.2) is 60.5 Å². The number of methoxy groups -OCH3 is 1. The average molecular weight is 458 g/mol. The molecule has 2 heterocycles. The maximum atomic E-state index is 12.9. The minimum Gasteiger partial charge on any atom is -0.496 e. The number of aromatic nitrogens is 1. The van der Waals surface area contributed by atoms with E-state index in [1.807, 2.05) is 18.4 Å². The highest BCUT2D eigenvalue weighted by atomic mass is 32.2. The highest BCUT2D eigenvalue weighted by molar-refractivity contribution is 7.98. The highest BCUT2D eigenvalue weighted by Crippen LogP contribution is 2.26. The Bertz CT molecular complexity index is 1030. The van der Waals surface area contributed by atoms with Gasteiger partial charge in [0.1, 0.15) is 23.5 Å². The summed E-state index contributed by atoms with van der Waals surface area (Å²) in [5.74, 6) is 0.0456. The Hall–Kier alpha value is -3.19. The summed E-state index contributed by atoms with van der Waals surface area (Å²) in [6, 6.07) is 7.59. The van der Waals surface area contributed by atoms with E-state index in [0.29, 0.717) is 36.6 Å². The lowest BCUT2D eigenvalue weighted by molar-refractivity contribution is -0.125. The predicted octanol–water partition coefficient (Wildman–Crippen LogP) is 1.56. The fraction of sp³-hybridized carbons (Fsp3) is 0.455. The Kier molecular flexibility index (Phi) is 8.00. The molecule has 1 aliphatic rings. The van der Waals surface area contributed by atoms with Crippen LogP contribution in [0.3, 0.4) is 0 Å². The molecule has 3 amide bonds. The molecule has 4 N–H and O–H groups in total. The summed E-state index contributed by atoms with van der Waals surface area (Å²) in [5.41, 5.74) is 1.06. The third-order valence-electron chi connectivity index (χ3n) is 5.48. The number of amides is 3. The van der Waals surface area contributed by atoms with Crippen LogP contribution in [0, 0.1) is 17.2 Å². The minimum atomic E-state index is -0.809. The first-order valence-corrected chi connectivity index (χ1v) is 11.8. The van der Waals surface area contributed by atoms with Gasteiger partial charge in [-0.1, -0.05) is 6.07 Å². The van der Waals surface area contributed by atoms with Gasteiger partial charge in [0.25, 0.3) is 5.91 Å². The molecule has 1 aromatic heterocycles. The van der Waals surface area contributed by atoms with Crippen molar-refractivity contribution in [3.8, 4) is 11.8 Å². The van der Waals surface area contributed by atoms with E-state index in [4.69, 9.17) is 4.74 Å². The summed E-state index contributed by atoms with van der Waals surface area (Å²) in [5, 5.41) is 18.4. The van der Waals surface area contributed by atoms with E-state index < -0.39 is 23.9 Å². The average Bonchev–Trinajstić information content (AvgIpc) is 3.41. The number of ether oxygens (including phenoxy) is 1. The summed E-state index contributed by atoms with van der Waals surface area (Å²) in [7, 11) is 1.56. The number of carbonyl (C=O) groups excluding carboxylic acids is 3. The molecule has 0 saturated carbocycles. The van der Waals surface area contributed by atoms with Gasteiger partial charge in [-0.05, 0) is 49.5 Å². The van der Waals surface area contributed by atoms with E-state index in [-0.39, 0.29) is 18.2 Å². The van der Waals surface area contributed by atoms with Gasteiger partial charge in [0, 0.05) is 23.4 Å². The molecule has 10 heteroatoms. The monoisotopic (exact) mass is 457 g/mol. The van der Waals surface area contributed by atoms with E-state index in [1.54, 1.807) is 31.0 Å². The standard InChI is InChI=1S/C22H27N5O4S/c1-31-19-5-3-4-16-15(19)11-18(26-16)22(30)27-17(7-9-32-2)21(29)25-14(12-23)10-13-6-8-24-20(13)28/h3-5,11,13-14,17,26H,6-10H2,1-2H3,(H,24,28)(H,25,29)(H,27,30)/t13-,14-,17-/m0/s1. The van der Waals surface area contributed by atoms with Crippen LogP contribution in [0.1, 0.15) is 29.8 Å². The normalized spacial score (nSPS) is 17.3. The zero-order valence-electron chi connectivity index (χ0n) is 18.1. The number of nitrogens with zero attached hydrogens (tertiary/aromatic N) is 1. The van der Waals surface area contributed by atoms with Gasteiger partial charge >= 0.3 is 0 Å². The van der Waals surface area contributed by atoms with E-state index in [2.05, 4.69) is 27.0 Å². The van der Waals surface area contributed by atoms with Gasteiger partial charge in [0.2, 0.25) is 11.8 Å². The number of benzene rings is 1. The van der Waals surface area contributed by atoms with Crippen LogP contribution in [0.15, 0.2) is 24.3 Å². The Balaban J connectivity index is 1.69. The molecule has 1 saturated heterocycles. The first-order chi connectivity index (χ1) is 15.5. The summed E-state index contributed by atoms with van der Waals surface area (Å²) in [6.45, 7) is 0.581. The third-order valence-corrected chi connectivity index (χ3v) is 6.12. The van der Waals surface area contributed by atoms with Crippen LogP contribution in [-0.2, 0) is 9.59 Å². The molecule has 2 aromatic rings. The number of carbonyl (C=O) groups is 3. The Labute approximate surface area is 190 Å². The van der Waals surface area contributed by atoms with E-state index in [0.717, 1.165) is 10.9 Å². The van der Waals surface area contributed by atoms with Crippen LogP contribution in [0.4, 0.5) is 0 Å². The van der Waals surface area contributed by atoms with Gasteiger partial charge in [-0.2, -0.15) is 17.0 Å². The number of hydrogen-bond acceptors (Lipinski definition) is 6. The largest absolute Gasteiger partial charge is 0.496 e. The van der Waals surface area contributed by atoms with Gasteiger partial charge in [-0.15, -0.1) is 0 Å². The first kappa shape index (κ1) is 23.5. The lowest BCUT2D eigenvalue weighted by Crippen LogP contribution is -2.50. The van der Waals surface area contributed by atoms with Crippen LogP contribution in [0.2, 0.25) is 0 Å². The topological polar surface area (TPSA) is 136 Å². The smallest absolute Gasteiger partial charge is 0.268 e. The van der Waals surface area contributed by atoms with Gasteiger partial charge in [0.15, 0.2) is 0 Å². The van der Waals surface area contributed by atoms with Crippen molar-refractivity contribution in [2.24, 2.45) is 5.92 Å². The first-order valence-electron chi connectivity index (χ1n) is 10.4. The second kappa shape index (κ2) is 10.9. The Morgan fingerprint density at radius 2 is 2.19 bits per heavy atom. The number of aromatic amines is 1. The van der Waals surface area contributed by atoms with Gasteiger partial charge in [0.05, 0.1) is 13.2 Å². The third kappa shape index (κ3) is 5.53. The molecule has 170 valence electrons. The van der Waals surface area contributed by atoms with Crippen LogP contribution >= 0.6 is 11.8 Å². The zero-order chi connectivity index (χ0) is 23.1. The van der Waals surface area contributed by atoms with Crippen molar-refractivity contribution in [1.82, 2.24) is 20.9 Å². The number of nitrogens with one attached hydrogen (secondary N) is 4. The zero-order valence-corrected chi connectivity index (χ0v) is 18.9. The summed E-state index contributed by atoms with van der Waals surface area (Å²) < 4.78 is 5.33. The van der Waals surface area contributed by atoms with Crippen LogP contribution in [0.5, 0.6) is 5.75 Å². The number of hydrogen-bond donors (Lipinski definition) is 4.